The van der Waals surface area contributed by atoms with Crippen LogP contribution >= 0.6 is 11.6 Å². The Hall–Kier alpha value is -1.06. The third kappa shape index (κ3) is 2.97. The van der Waals surface area contributed by atoms with Gasteiger partial charge in [0.2, 0.25) is 0 Å². The van der Waals surface area contributed by atoms with E-state index < -0.39 is 17.5 Å². The number of aliphatic hydroxyl groups excluding tert-OH is 1. The lowest BCUT2D eigenvalue weighted by Crippen LogP contribution is -2.34. The Balaban J connectivity index is 2.74. The van der Waals surface area contributed by atoms with Gasteiger partial charge in [0, 0.05) is 5.92 Å². The van der Waals surface area contributed by atoms with Crippen molar-refractivity contribution in [1.82, 2.24) is 0 Å². The molecule has 3 unspecified atom stereocenters. The smallest absolute Gasteiger partial charge is 0.326 e. The summed E-state index contributed by atoms with van der Waals surface area (Å²) in [6, 6.07) is 9.41. The number of methoxy groups -OCH3 is 1. The summed E-state index contributed by atoms with van der Waals surface area (Å²) in [6.07, 6.45) is -0.962. The van der Waals surface area contributed by atoms with Gasteiger partial charge in [0.1, 0.15) is 0 Å². The number of carbonyl (C=O) groups excluding carboxylic acids is 1. The second-order valence-electron chi connectivity index (χ2n) is 3.61. The highest BCUT2D eigenvalue weighted by atomic mass is 35.5. The van der Waals surface area contributed by atoms with Crippen LogP contribution in [0.1, 0.15) is 18.4 Å². The molecule has 1 rings (SSSR count). The fourth-order valence-electron chi connectivity index (χ4n) is 1.46. The third-order valence-electron chi connectivity index (χ3n) is 2.56. The molecule has 88 valence electrons. The third-order valence-corrected chi connectivity index (χ3v) is 3.00. The first kappa shape index (κ1) is 13.0. The zero-order valence-electron chi connectivity index (χ0n) is 9.26. The van der Waals surface area contributed by atoms with Gasteiger partial charge in [-0.25, -0.2) is 0 Å². The maximum Gasteiger partial charge on any atom is 0.326 e. The highest BCUT2D eigenvalue weighted by Gasteiger charge is 2.30. The van der Waals surface area contributed by atoms with Crippen molar-refractivity contribution in [3.8, 4) is 0 Å². The lowest BCUT2D eigenvalue weighted by Gasteiger charge is -2.22. The molecule has 3 atom stereocenters. The van der Waals surface area contributed by atoms with Crippen LogP contribution in [0.3, 0.4) is 0 Å². The van der Waals surface area contributed by atoms with Crippen molar-refractivity contribution in [1.29, 1.82) is 0 Å². The van der Waals surface area contributed by atoms with Crippen LogP contribution in [-0.4, -0.2) is 29.7 Å². The molecule has 16 heavy (non-hydrogen) atoms. The first-order chi connectivity index (χ1) is 7.57. The normalized spacial score (nSPS) is 16.2. The highest BCUT2D eigenvalue weighted by molar-refractivity contribution is 6.30. The largest absolute Gasteiger partial charge is 0.468 e. The number of carbonyl (C=O) groups is 1. The molecule has 1 aromatic carbocycles. The average Bonchev–Trinajstić information content (AvgIpc) is 2.36. The van der Waals surface area contributed by atoms with E-state index in [1.807, 2.05) is 37.3 Å². The molecule has 0 fully saturated rings. The molecular formula is C12H15ClO3. The number of rotatable bonds is 4. The molecule has 0 amide bonds. The summed E-state index contributed by atoms with van der Waals surface area (Å²) in [5.41, 5.74) is 0.935. The van der Waals surface area contributed by atoms with Gasteiger partial charge >= 0.3 is 5.97 Å². The summed E-state index contributed by atoms with van der Waals surface area (Å²) in [7, 11) is 1.25. The van der Waals surface area contributed by atoms with E-state index in [1.165, 1.54) is 7.11 Å². The van der Waals surface area contributed by atoms with Crippen LogP contribution in [-0.2, 0) is 9.53 Å². The molecular weight excluding hydrogens is 228 g/mol. The standard InChI is InChI=1S/C12H15ClO3/c1-8(9-6-4-3-5-7-9)11(14)10(13)12(15)16-2/h3-8,10-11,14H,1-2H3. The van der Waals surface area contributed by atoms with E-state index in [9.17, 15) is 9.90 Å². The minimum absolute atomic E-state index is 0.220. The quantitative estimate of drug-likeness (QED) is 0.648. The minimum Gasteiger partial charge on any atom is -0.468 e. The van der Waals surface area contributed by atoms with Crippen LogP contribution < -0.4 is 0 Å². The molecule has 0 aliphatic rings. The minimum atomic E-state index is -1.04. The number of halogens is 1. The Morgan fingerprint density at radius 3 is 2.44 bits per heavy atom. The van der Waals surface area contributed by atoms with E-state index in [0.717, 1.165) is 5.56 Å². The van der Waals surface area contributed by atoms with E-state index in [4.69, 9.17) is 11.6 Å². The average molecular weight is 243 g/mol. The summed E-state index contributed by atoms with van der Waals surface area (Å²) in [6.45, 7) is 1.82. The Bertz CT molecular complexity index is 339. The number of ether oxygens (including phenoxy) is 1. The van der Waals surface area contributed by atoms with Crippen LogP contribution in [0.5, 0.6) is 0 Å². The molecule has 3 nitrogen and oxygen atoms in total. The Morgan fingerprint density at radius 2 is 1.94 bits per heavy atom. The van der Waals surface area contributed by atoms with Crippen molar-refractivity contribution < 1.29 is 14.6 Å². The molecule has 0 radical (unpaired) electrons. The zero-order chi connectivity index (χ0) is 12.1. The van der Waals surface area contributed by atoms with Crippen molar-refractivity contribution in [2.45, 2.75) is 24.3 Å². The molecule has 0 saturated carbocycles. The predicted octanol–water partition coefficient (Wildman–Crippen LogP) is 1.93. The number of alkyl halides is 1. The van der Waals surface area contributed by atoms with Crippen molar-refractivity contribution in [2.75, 3.05) is 7.11 Å². The van der Waals surface area contributed by atoms with Crippen molar-refractivity contribution in [3.63, 3.8) is 0 Å². The van der Waals surface area contributed by atoms with Gasteiger partial charge in [0.25, 0.3) is 0 Å². The SMILES string of the molecule is COC(=O)C(Cl)C(O)C(C)c1ccccc1. The number of benzene rings is 1. The van der Waals surface area contributed by atoms with Gasteiger partial charge in [-0.05, 0) is 5.56 Å². The molecule has 0 saturated heterocycles. The van der Waals surface area contributed by atoms with Crippen molar-refractivity contribution >= 4 is 17.6 Å². The van der Waals surface area contributed by atoms with Gasteiger partial charge < -0.3 is 9.84 Å². The van der Waals surface area contributed by atoms with Crippen molar-refractivity contribution in [3.05, 3.63) is 35.9 Å². The number of hydrogen-bond donors (Lipinski definition) is 1. The Kier molecular flexibility index (Phi) is 4.77. The fourth-order valence-corrected chi connectivity index (χ4v) is 1.77. The summed E-state index contributed by atoms with van der Waals surface area (Å²) in [4.78, 5) is 11.2. The topological polar surface area (TPSA) is 46.5 Å². The zero-order valence-corrected chi connectivity index (χ0v) is 10.0. The Morgan fingerprint density at radius 1 is 1.38 bits per heavy atom. The first-order valence-electron chi connectivity index (χ1n) is 5.02. The number of aliphatic hydroxyl groups is 1. The monoisotopic (exact) mass is 242 g/mol. The number of hydrogen-bond acceptors (Lipinski definition) is 3. The number of esters is 1. The van der Waals surface area contributed by atoms with Gasteiger partial charge in [-0.1, -0.05) is 37.3 Å². The van der Waals surface area contributed by atoms with Crippen LogP contribution in [0.15, 0.2) is 30.3 Å². The molecule has 0 heterocycles. The van der Waals surface area contributed by atoms with Crippen LogP contribution in [0.25, 0.3) is 0 Å². The van der Waals surface area contributed by atoms with Gasteiger partial charge in [-0.15, -0.1) is 11.6 Å². The van der Waals surface area contributed by atoms with Crippen LogP contribution in [0, 0.1) is 0 Å². The Labute approximate surface area is 100.0 Å². The van der Waals surface area contributed by atoms with E-state index in [-0.39, 0.29) is 5.92 Å². The first-order valence-corrected chi connectivity index (χ1v) is 5.46. The van der Waals surface area contributed by atoms with E-state index in [2.05, 4.69) is 4.74 Å². The van der Waals surface area contributed by atoms with Gasteiger partial charge in [-0.2, -0.15) is 0 Å². The van der Waals surface area contributed by atoms with Gasteiger partial charge in [0.15, 0.2) is 5.38 Å². The summed E-state index contributed by atoms with van der Waals surface area (Å²) in [5.74, 6) is -0.834. The lowest BCUT2D eigenvalue weighted by atomic mass is 9.93. The van der Waals surface area contributed by atoms with Gasteiger partial charge in [-0.3, -0.25) is 4.79 Å². The van der Waals surface area contributed by atoms with Crippen LogP contribution in [0.4, 0.5) is 0 Å². The summed E-state index contributed by atoms with van der Waals surface area (Å²) in [5, 5.41) is 8.87. The second kappa shape index (κ2) is 5.87. The maximum absolute atomic E-state index is 11.2. The fraction of sp³-hybridized carbons (Fsp3) is 0.417. The molecule has 1 N–H and O–H groups in total. The molecule has 0 spiro atoms. The predicted molar refractivity (Wildman–Crippen MR) is 62.5 cm³/mol. The highest BCUT2D eigenvalue weighted by Crippen LogP contribution is 2.23. The summed E-state index contributed by atoms with van der Waals surface area (Å²) >= 11 is 5.80. The second-order valence-corrected chi connectivity index (χ2v) is 4.09. The van der Waals surface area contributed by atoms with E-state index >= 15 is 0 Å². The molecule has 0 aromatic heterocycles. The maximum atomic E-state index is 11.2. The lowest BCUT2D eigenvalue weighted by molar-refractivity contribution is -0.142. The summed E-state index contributed by atoms with van der Waals surface area (Å²) < 4.78 is 4.49. The molecule has 1 aromatic rings. The van der Waals surface area contributed by atoms with E-state index in [0.29, 0.717) is 0 Å². The van der Waals surface area contributed by atoms with Crippen molar-refractivity contribution in [2.24, 2.45) is 0 Å². The molecule has 0 aliphatic heterocycles. The van der Waals surface area contributed by atoms with E-state index in [1.54, 1.807) is 0 Å². The van der Waals surface area contributed by atoms with Gasteiger partial charge in [0.05, 0.1) is 13.2 Å². The molecule has 0 aliphatic carbocycles. The molecule has 0 bridgehead atoms. The molecule has 4 heteroatoms. The van der Waals surface area contributed by atoms with Crippen LogP contribution in [0.2, 0.25) is 0 Å².